The highest BCUT2D eigenvalue weighted by Gasteiger charge is 2.28. The number of amides is 1. The first-order valence-electron chi connectivity index (χ1n) is 9.35. The predicted molar refractivity (Wildman–Crippen MR) is 107 cm³/mol. The number of carbonyl (C=O) groups excluding carboxylic acids is 2. The summed E-state index contributed by atoms with van der Waals surface area (Å²) in [5.74, 6) is 0.785. The molecule has 0 saturated carbocycles. The second kappa shape index (κ2) is 10.7. The van der Waals surface area contributed by atoms with E-state index < -0.39 is 0 Å². The molecule has 0 bridgehead atoms. The first-order valence-corrected chi connectivity index (χ1v) is 10.7. The lowest BCUT2D eigenvalue weighted by atomic mass is 9.97. The maximum absolute atomic E-state index is 12.5. The third-order valence-corrected chi connectivity index (χ3v) is 5.57. The Labute approximate surface area is 169 Å². The SMILES string of the molecule is CCOC(=O)C1CCN(C(=O)CSc2nc(Cl)cc(N(CC)CC)n2)CC1. The molecule has 1 aromatic rings. The summed E-state index contributed by atoms with van der Waals surface area (Å²) in [5.41, 5.74) is 0. The average Bonchev–Trinajstić information content (AvgIpc) is 2.67. The van der Waals surface area contributed by atoms with Gasteiger partial charge in [0.25, 0.3) is 0 Å². The largest absolute Gasteiger partial charge is 0.466 e. The normalized spacial score (nSPS) is 14.9. The minimum absolute atomic E-state index is 0.0234. The molecule has 1 aliphatic heterocycles. The van der Waals surface area contributed by atoms with Crippen LogP contribution in [0.4, 0.5) is 5.82 Å². The maximum Gasteiger partial charge on any atom is 0.309 e. The molecule has 2 rings (SSSR count). The van der Waals surface area contributed by atoms with Gasteiger partial charge in [0.2, 0.25) is 5.91 Å². The molecule has 9 heteroatoms. The Hall–Kier alpha value is -1.54. The van der Waals surface area contributed by atoms with Gasteiger partial charge in [0.05, 0.1) is 18.3 Å². The van der Waals surface area contributed by atoms with Gasteiger partial charge in [-0.1, -0.05) is 23.4 Å². The second-order valence-corrected chi connectivity index (χ2v) is 7.53. The van der Waals surface area contributed by atoms with Crippen LogP contribution in [-0.2, 0) is 14.3 Å². The summed E-state index contributed by atoms with van der Waals surface area (Å²) in [6.07, 6.45) is 1.30. The molecule has 1 amide bonds. The molecule has 150 valence electrons. The fraction of sp³-hybridized carbons (Fsp3) is 0.667. The third kappa shape index (κ3) is 6.24. The highest BCUT2D eigenvalue weighted by molar-refractivity contribution is 7.99. The molecule has 1 aromatic heterocycles. The Balaban J connectivity index is 1.88. The van der Waals surface area contributed by atoms with Crippen molar-refractivity contribution < 1.29 is 14.3 Å². The van der Waals surface area contributed by atoms with Crippen LogP contribution in [0.2, 0.25) is 5.15 Å². The average molecular weight is 415 g/mol. The Morgan fingerprint density at radius 3 is 2.52 bits per heavy atom. The van der Waals surface area contributed by atoms with Gasteiger partial charge in [-0.2, -0.15) is 0 Å². The second-order valence-electron chi connectivity index (χ2n) is 6.20. The van der Waals surface area contributed by atoms with Crippen LogP contribution in [0, 0.1) is 5.92 Å². The van der Waals surface area contributed by atoms with Crippen molar-refractivity contribution in [2.24, 2.45) is 5.92 Å². The van der Waals surface area contributed by atoms with Gasteiger partial charge in [0.1, 0.15) is 11.0 Å². The van der Waals surface area contributed by atoms with Gasteiger partial charge < -0.3 is 14.5 Å². The lowest BCUT2D eigenvalue weighted by Gasteiger charge is -2.30. The maximum atomic E-state index is 12.5. The van der Waals surface area contributed by atoms with E-state index >= 15 is 0 Å². The Bertz CT molecular complexity index is 649. The number of piperidine rings is 1. The summed E-state index contributed by atoms with van der Waals surface area (Å²) in [4.78, 5) is 36.9. The van der Waals surface area contributed by atoms with Crippen molar-refractivity contribution in [3.8, 4) is 0 Å². The number of aromatic nitrogens is 2. The van der Waals surface area contributed by atoms with Crippen molar-refractivity contribution in [2.45, 2.75) is 38.8 Å². The number of hydrogen-bond donors (Lipinski definition) is 0. The fourth-order valence-electron chi connectivity index (χ4n) is 3.00. The van der Waals surface area contributed by atoms with Crippen LogP contribution in [0.25, 0.3) is 0 Å². The Kier molecular flexibility index (Phi) is 8.63. The topological polar surface area (TPSA) is 75.6 Å². The number of hydrogen-bond acceptors (Lipinski definition) is 7. The summed E-state index contributed by atoms with van der Waals surface area (Å²) < 4.78 is 5.06. The number of nitrogens with zero attached hydrogens (tertiary/aromatic N) is 4. The molecular weight excluding hydrogens is 388 g/mol. The molecule has 0 N–H and O–H groups in total. The van der Waals surface area contributed by atoms with E-state index in [1.807, 2.05) is 0 Å². The minimum atomic E-state index is -0.157. The molecule has 1 saturated heterocycles. The zero-order valence-electron chi connectivity index (χ0n) is 16.1. The number of esters is 1. The van der Waals surface area contributed by atoms with Gasteiger partial charge in [-0.3, -0.25) is 9.59 Å². The van der Waals surface area contributed by atoms with Gasteiger partial charge in [-0.25, -0.2) is 9.97 Å². The third-order valence-electron chi connectivity index (χ3n) is 4.54. The zero-order valence-corrected chi connectivity index (χ0v) is 17.7. The van der Waals surface area contributed by atoms with Gasteiger partial charge in [0, 0.05) is 32.2 Å². The Morgan fingerprint density at radius 2 is 1.93 bits per heavy atom. The molecule has 0 radical (unpaired) electrons. The minimum Gasteiger partial charge on any atom is -0.466 e. The summed E-state index contributed by atoms with van der Waals surface area (Å²) in [5, 5.41) is 0.872. The molecule has 2 heterocycles. The van der Waals surface area contributed by atoms with Crippen LogP contribution in [0.3, 0.4) is 0 Å². The molecular formula is C18H27ClN4O3S. The number of rotatable bonds is 8. The van der Waals surface area contributed by atoms with Crippen LogP contribution >= 0.6 is 23.4 Å². The van der Waals surface area contributed by atoms with Crippen molar-refractivity contribution in [2.75, 3.05) is 43.4 Å². The number of likely N-dealkylation sites (tertiary alicyclic amines) is 1. The summed E-state index contributed by atoms with van der Waals surface area (Å²) in [6.45, 7) is 9.09. The van der Waals surface area contributed by atoms with E-state index in [2.05, 4.69) is 28.7 Å². The van der Waals surface area contributed by atoms with Crippen molar-refractivity contribution in [3.05, 3.63) is 11.2 Å². The van der Waals surface area contributed by atoms with Crippen molar-refractivity contribution in [1.82, 2.24) is 14.9 Å². The number of thioether (sulfide) groups is 1. The van der Waals surface area contributed by atoms with Crippen LogP contribution < -0.4 is 4.90 Å². The molecule has 7 nitrogen and oxygen atoms in total. The lowest BCUT2D eigenvalue weighted by molar-refractivity contribution is -0.151. The number of ether oxygens (including phenoxy) is 1. The van der Waals surface area contributed by atoms with E-state index in [9.17, 15) is 9.59 Å². The van der Waals surface area contributed by atoms with E-state index in [0.29, 0.717) is 42.8 Å². The molecule has 0 aromatic carbocycles. The van der Waals surface area contributed by atoms with E-state index in [1.165, 1.54) is 11.8 Å². The number of anilines is 1. The van der Waals surface area contributed by atoms with Crippen molar-refractivity contribution in [1.29, 1.82) is 0 Å². The van der Waals surface area contributed by atoms with Gasteiger partial charge in [-0.15, -0.1) is 0 Å². The first-order chi connectivity index (χ1) is 13.0. The van der Waals surface area contributed by atoms with Gasteiger partial charge in [0.15, 0.2) is 5.16 Å². The van der Waals surface area contributed by atoms with Gasteiger partial charge >= 0.3 is 5.97 Å². The van der Waals surface area contributed by atoms with Gasteiger partial charge in [-0.05, 0) is 33.6 Å². The highest BCUT2D eigenvalue weighted by Crippen LogP contribution is 2.23. The smallest absolute Gasteiger partial charge is 0.309 e. The monoisotopic (exact) mass is 414 g/mol. The summed E-state index contributed by atoms with van der Waals surface area (Å²) in [6, 6.07) is 1.74. The van der Waals surface area contributed by atoms with Crippen LogP contribution in [0.5, 0.6) is 0 Å². The summed E-state index contributed by atoms with van der Waals surface area (Å²) in [7, 11) is 0. The molecule has 0 aliphatic carbocycles. The van der Waals surface area contributed by atoms with Crippen LogP contribution in [0.15, 0.2) is 11.2 Å². The quantitative estimate of drug-likeness (QED) is 0.280. The van der Waals surface area contributed by atoms with E-state index in [0.717, 1.165) is 18.9 Å². The van der Waals surface area contributed by atoms with E-state index in [-0.39, 0.29) is 23.5 Å². The zero-order chi connectivity index (χ0) is 19.8. The molecule has 27 heavy (non-hydrogen) atoms. The molecule has 0 unspecified atom stereocenters. The van der Waals surface area contributed by atoms with Crippen molar-refractivity contribution >= 4 is 41.1 Å². The Morgan fingerprint density at radius 1 is 1.26 bits per heavy atom. The highest BCUT2D eigenvalue weighted by atomic mass is 35.5. The number of halogens is 1. The molecule has 0 spiro atoms. The fourth-order valence-corrected chi connectivity index (χ4v) is 3.99. The van der Waals surface area contributed by atoms with Crippen molar-refractivity contribution in [3.63, 3.8) is 0 Å². The first kappa shape index (κ1) is 21.8. The lowest BCUT2D eigenvalue weighted by Crippen LogP contribution is -2.41. The molecule has 1 fully saturated rings. The van der Waals surface area contributed by atoms with E-state index in [1.54, 1.807) is 17.9 Å². The summed E-state index contributed by atoms with van der Waals surface area (Å²) >= 11 is 7.40. The van der Waals surface area contributed by atoms with E-state index in [4.69, 9.17) is 16.3 Å². The predicted octanol–water partition coefficient (Wildman–Crippen LogP) is 2.87. The number of carbonyl (C=O) groups is 2. The molecule has 1 aliphatic rings. The van der Waals surface area contributed by atoms with Crippen LogP contribution in [-0.4, -0.2) is 65.3 Å². The molecule has 0 atom stereocenters. The standard InChI is InChI=1S/C18H27ClN4O3S/c1-4-22(5-2)15-11-14(19)20-18(21-15)27-12-16(24)23-9-7-13(8-10-23)17(25)26-6-3/h11,13H,4-10,12H2,1-3H3. The van der Waals surface area contributed by atoms with Crippen LogP contribution in [0.1, 0.15) is 33.6 Å².